The molecule has 1 aliphatic heterocycles. The first-order valence-electron chi connectivity index (χ1n) is 6.67. The smallest absolute Gasteiger partial charge is 0.111 e. The molecule has 1 aliphatic rings. The summed E-state index contributed by atoms with van der Waals surface area (Å²) in [6, 6.07) is 0. The summed E-state index contributed by atoms with van der Waals surface area (Å²) in [5, 5.41) is 3.34. The highest BCUT2D eigenvalue weighted by atomic mass is 16.5. The largest absolute Gasteiger partial charge is 0.379 e. The van der Waals surface area contributed by atoms with E-state index in [1.165, 1.54) is 0 Å². The first-order chi connectivity index (χ1) is 8.77. The zero-order chi connectivity index (χ0) is 12.8. The van der Waals surface area contributed by atoms with Crippen LogP contribution in [0.1, 0.15) is 25.6 Å². The van der Waals surface area contributed by atoms with Gasteiger partial charge >= 0.3 is 0 Å². The Balaban J connectivity index is 1.83. The molecule has 1 atom stereocenters. The van der Waals surface area contributed by atoms with Gasteiger partial charge in [0.15, 0.2) is 0 Å². The number of hydrogen-bond acceptors (Lipinski definition) is 4. The summed E-state index contributed by atoms with van der Waals surface area (Å²) in [6.45, 7) is 9.24. The normalized spacial score (nSPS) is 20.5. The molecular formula is C13H23N3O2. The van der Waals surface area contributed by atoms with Gasteiger partial charge in [0.05, 0.1) is 31.4 Å². The number of morpholine rings is 1. The highest BCUT2D eigenvalue weighted by molar-refractivity contribution is 5.04. The van der Waals surface area contributed by atoms with Crippen molar-refractivity contribution >= 4 is 0 Å². The molecule has 1 aromatic heterocycles. The maximum atomic E-state index is 5.74. The number of ether oxygens (including phenoxy) is 2. The van der Waals surface area contributed by atoms with Gasteiger partial charge in [0, 0.05) is 26.2 Å². The minimum Gasteiger partial charge on any atom is -0.379 e. The summed E-state index contributed by atoms with van der Waals surface area (Å²) in [5.41, 5.74) is 1.13. The lowest BCUT2D eigenvalue weighted by Gasteiger charge is -2.24. The Labute approximate surface area is 108 Å². The summed E-state index contributed by atoms with van der Waals surface area (Å²) in [7, 11) is 0. The molecule has 0 aromatic carbocycles. The van der Waals surface area contributed by atoms with E-state index in [9.17, 15) is 0 Å². The molecule has 5 heteroatoms. The van der Waals surface area contributed by atoms with Crippen LogP contribution in [0.4, 0.5) is 0 Å². The van der Waals surface area contributed by atoms with Crippen LogP contribution in [-0.4, -0.2) is 42.5 Å². The summed E-state index contributed by atoms with van der Waals surface area (Å²) in [5.74, 6) is 0.582. The molecule has 1 saturated heterocycles. The van der Waals surface area contributed by atoms with E-state index in [2.05, 4.69) is 28.7 Å². The van der Waals surface area contributed by atoms with E-state index < -0.39 is 0 Å². The van der Waals surface area contributed by atoms with E-state index in [0.717, 1.165) is 45.1 Å². The van der Waals surface area contributed by atoms with Crippen molar-refractivity contribution in [1.82, 2.24) is 14.9 Å². The molecule has 2 heterocycles. The Morgan fingerprint density at radius 1 is 1.61 bits per heavy atom. The summed E-state index contributed by atoms with van der Waals surface area (Å²) < 4.78 is 13.5. The first kappa shape index (κ1) is 13.5. The number of imidazole rings is 1. The first-order valence-corrected chi connectivity index (χ1v) is 6.67. The average molecular weight is 253 g/mol. The van der Waals surface area contributed by atoms with Gasteiger partial charge in [-0.2, -0.15) is 0 Å². The van der Waals surface area contributed by atoms with E-state index in [4.69, 9.17) is 9.47 Å². The van der Waals surface area contributed by atoms with Crippen LogP contribution in [0.15, 0.2) is 12.5 Å². The summed E-state index contributed by atoms with van der Waals surface area (Å²) in [4.78, 5) is 4.21. The molecule has 0 radical (unpaired) electrons. The third kappa shape index (κ3) is 3.80. The predicted molar refractivity (Wildman–Crippen MR) is 69.4 cm³/mol. The molecule has 18 heavy (non-hydrogen) atoms. The molecule has 1 unspecified atom stereocenters. The second-order valence-electron chi connectivity index (χ2n) is 5.04. The Morgan fingerprint density at radius 2 is 2.50 bits per heavy atom. The van der Waals surface area contributed by atoms with Crippen LogP contribution in [0.5, 0.6) is 0 Å². The van der Waals surface area contributed by atoms with Crippen molar-refractivity contribution in [3.8, 4) is 0 Å². The zero-order valence-corrected chi connectivity index (χ0v) is 11.3. The van der Waals surface area contributed by atoms with Gasteiger partial charge in [-0.3, -0.25) is 0 Å². The zero-order valence-electron chi connectivity index (χ0n) is 11.3. The van der Waals surface area contributed by atoms with Crippen LogP contribution in [0.2, 0.25) is 0 Å². The van der Waals surface area contributed by atoms with Crippen molar-refractivity contribution < 1.29 is 9.47 Å². The second kappa shape index (κ2) is 6.87. The maximum absolute atomic E-state index is 5.74. The number of nitrogens with zero attached hydrogens (tertiary/aromatic N) is 2. The van der Waals surface area contributed by atoms with E-state index in [1.807, 2.05) is 12.5 Å². The van der Waals surface area contributed by atoms with E-state index in [0.29, 0.717) is 5.92 Å². The lowest BCUT2D eigenvalue weighted by molar-refractivity contribution is 0.0215. The highest BCUT2D eigenvalue weighted by Gasteiger charge is 2.19. The Morgan fingerprint density at radius 3 is 3.22 bits per heavy atom. The minimum atomic E-state index is 0.117. The van der Waals surface area contributed by atoms with Crippen LogP contribution < -0.4 is 5.32 Å². The fourth-order valence-corrected chi connectivity index (χ4v) is 2.02. The molecule has 1 aromatic rings. The number of nitrogens with one attached hydrogen (secondary N) is 1. The number of hydrogen-bond donors (Lipinski definition) is 1. The molecule has 0 spiro atoms. The second-order valence-corrected chi connectivity index (χ2v) is 5.04. The molecule has 0 bridgehead atoms. The highest BCUT2D eigenvalue weighted by Crippen LogP contribution is 2.18. The lowest BCUT2D eigenvalue weighted by Crippen LogP contribution is -2.34. The average Bonchev–Trinajstić information content (AvgIpc) is 2.84. The van der Waals surface area contributed by atoms with E-state index in [1.54, 1.807) is 0 Å². The SMILES string of the molecule is CC(C)COCCn1cncc1C1CNCCO1. The van der Waals surface area contributed by atoms with Gasteiger partial charge in [-0.25, -0.2) is 4.98 Å². The quantitative estimate of drug-likeness (QED) is 0.774. The van der Waals surface area contributed by atoms with E-state index >= 15 is 0 Å². The third-order valence-corrected chi connectivity index (χ3v) is 2.93. The Kier molecular flexibility index (Phi) is 5.16. The number of rotatable bonds is 6. The monoisotopic (exact) mass is 253 g/mol. The van der Waals surface area contributed by atoms with Crippen molar-refractivity contribution in [3.63, 3.8) is 0 Å². The van der Waals surface area contributed by atoms with Gasteiger partial charge in [0.1, 0.15) is 6.10 Å². The molecule has 0 saturated carbocycles. The van der Waals surface area contributed by atoms with Crippen molar-refractivity contribution in [3.05, 3.63) is 18.2 Å². The lowest BCUT2D eigenvalue weighted by atomic mass is 10.2. The Bertz CT molecular complexity index is 346. The molecule has 2 rings (SSSR count). The third-order valence-electron chi connectivity index (χ3n) is 2.93. The molecule has 0 amide bonds. The van der Waals surface area contributed by atoms with E-state index in [-0.39, 0.29) is 6.10 Å². The number of aromatic nitrogens is 2. The molecule has 5 nitrogen and oxygen atoms in total. The van der Waals surface area contributed by atoms with Gasteiger partial charge in [-0.1, -0.05) is 13.8 Å². The standard InChI is InChI=1S/C13H23N3O2/c1-11(2)9-17-6-4-16-10-15-7-12(16)13-8-14-3-5-18-13/h7,10-11,13-14H,3-6,8-9H2,1-2H3. The van der Waals surface area contributed by atoms with Crippen LogP contribution in [0, 0.1) is 5.92 Å². The van der Waals surface area contributed by atoms with Crippen molar-refractivity contribution in [2.75, 3.05) is 32.9 Å². The molecule has 0 aliphatic carbocycles. The fraction of sp³-hybridized carbons (Fsp3) is 0.769. The molecule has 1 fully saturated rings. The summed E-state index contributed by atoms with van der Waals surface area (Å²) in [6.07, 6.45) is 3.86. The van der Waals surface area contributed by atoms with Crippen LogP contribution in [0.3, 0.4) is 0 Å². The molecule has 102 valence electrons. The van der Waals surface area contributed by atoms with Crippen molar-refractivity contribution in [2.45, 2.75) is 26.5 Å². The fourth-order valence-electron chi connectivity index (χ4n) is 2.02. The van der Waals surface area contributed by atoms with Gasteiger partial charge < -0.3 is 19.4 Å². The Hall–Kier alpha value is -0.910. The van der Waals surface area contributed by atoms with Gasteiger partial charge in [0.25, 0.3) is 0 Å². The van der Waals surface area contributed by atoms with Gasteiger partial charge in [0.2, 0.25) is 0 Å². The summed E-state index contributed by atoms with van der Waals surface area (Å²) >= 11 is 0. The predicted octanol–water partition coefficient (Wildman–Crippen LogP) is 1.22. The van der Waals surface area contributed by atoms with Crippen LogP contribution >= 0.6 is 0 Å². The van der Waals surface area contributed by atoms with Crippen molar-refractivity contribution in [1.29, 1.82) is 0 Å². The van der Waals surface area contributed by atoms with Crippen LogP contribution in [0.25, 0.3) is 0 Å². The molecule has 1 N–H and O–H groups in total. The van der Waals surface area contributed by atoms with Crippen molar-refractivity contribution in [2.24, 2.45) is 5.92 Å². The van der Waals surface area contributed by atoms with Gasteiger partial charge in [-0.15, -0.1) is 0 Å². The topological polar surface area (TPSA) is 48.3 Å². The maximum Gasteiger partial charge on any atom is 0.111 e. The van der Waals surface area contributed by atoms with Gasteiger partial charge in [-0.05, 0) is 5.92 Å². The van der Waals surface area contributed by atoms with Crippen LogP contribution in [-0.2, 0) is 16.0 Å². The minimum absolute atomic E-state index is 0.117. The molecular weight excluding hydrogens is 230 g/mol.